The number of carbonyl (C=O) groups excluding carboxylic acids is 2. The van der Waals surface area contributed by atoms with Crippen molar-refractivity contribution in [2.45, 2.75) is 67.6 Å². The third-order valence-corrected chi connectivity index (χ3v) is 8.32. The summed E-state index contributed by atoms with van der Waals surface area (Å²) >= 11 is 0. The van der Waals surface area contributed by atoms with E-state index in [4.69, 9.17) is 10.2 Å². The van der Waals surface area contributed by atoms with Gasteiger partial charge in [0.05, 0.1) is 45.6 Å². The van der Waals surface area contributed by atoms with Crippen LogP contribution in [0.5, 0.6) is 0 Å². The molecule has 0 unspecified atom stereocenters. The van der Waals surface area contributed by atoms with Crippen LogP contribution in [0, 0.1) is 49.4 Å². The Balaban J connectivity index is 0.00000119. The van der Waals surface area contributed by atoms with Crippen molar-refractivity contribution < 1.29 is 97.3 Å². The average Bonchev–Trinajstić information content (AvgIpc) is 3.36. The number of hydrogen-bond donors (Lipinski definition) is 6. The number of carbonyl (C=O) groups is 2. The quantitative estimate of drug-likeness (QED) is 0.0599. The van der Waals surface area contributed by atoms with E-state index >= 15 is 0 Å². The van der Waals surface area contributed by atoms with Crippen LogP contribution in [-0.2, 0) is 0 Å². The molecule has 0 fully saturated rings. The van der Waals surface area contributed by atoms with E-state index in [0.29, 0.717) is 68.1 Å². The molecule has 21 heteroatoms. The minimum absolute atomic E-state index is 0. The van der Waals surface area contributed by atoms with Gasteiger partial charge in [-0.15, -0.1) is 0 Å². The molecule has 0 saturated heterocycles. The molecule has 4 amide bonds. The van der Waals surface area contributed by atoms with Crippen molar-refractivity contribution in [1.29, 1.82) is 0 Å². The zero-order chi connectivity index (χ0) is 51.3. The molecule has 19 nitrogen and oxygen atoms in total. The van der Waals surface area contributed by atoms with Gasteiger partial charge in [0.2, 0.25) is 0 Å². The molecule has 0 aliphatic rings. The number of aromatic nitrogens is 2. The van der Waals surface area contributed by atoms with Gasteiger partial charge in [-0.25, -0.2) is 30.4 Å². The molecule has 0 bridgehead atoms. The Labute approximate surface area is 472 Å². The smallest absolute Gasteiger partial charge is 1.00 e. The van der Waals surface area contributed by atoms with Gasteiger partial charge in [0.1, 0.15) is 0 Å². The fourth-order valence-corrected chi connectivity index (χ4v) is 5.04. The molecule has 0 radical (unpaired) electrons. The number of para-hydroxylation sites is 2. The maximum Gasteiger partial charge on any atom is 3.00 e. The number of nitrogens with zero attached hydrogens (tertiary/aromatic N) is 8. The summed E-state index contributed by atoms with van der Waals surface area (Å²) in [5.41, 5.74) is 11.3. The van der Waals surface area contributed by atoms with Crippen LogP contribution in [0.1, 0.15) is 89.3 Å². The maximum absolute atomic E-state index is 12.1. The number of halogens is 1. The number of amides is 4. The van der Waals surface area contributed by atoms with Crippen LogP contribution in [0.25, 0.3) is 0 Å². The number of hydrazone groups is 2. The van der Waals surface area contributed by atoms with E-state index in [9.17, 15) is 19.8 Å². The molecule has 4 aromatic carbocycles. The second kappa shape index (κ2) is 36.9. The number of benzene rings is 4. The third kappa shape index (κ3) is 27.5. The van der Waals surface area contributed by atoms with Crippen LogP contribution in [0.3, 0.4) is 0 Å². The first-order valence-electron chi connectivity index (χ1n) is 21.9. The monoisotopic (exact) mass is 1150 g/mol. The fourth-order valence-electron chi connectivity index (χ4n) is 5.04. The standard InChI is InChI=1S/2C23H22N6O2.2C3H8O.ClH.Eu.H2O/c2*1-16(26-28-22(30)18-10-5-3-6-11-18)20-14-9-15-21(25-20)17(2)27-29-23(31)24-19-12-7-4-8-13-19;2*1-3(2)4;;;/h2*3-15H,1-2H3,(H,28,30)(H2,24,29,31);2*3-4H,1-2H3;1H;;1H2/q;;;;;+3;/p-3/b2*26-16+,27-17+;;;;;. The molecule has 2 aromatic heterocycles. The predicted octanol–water partition coefficient (Wildman–Crippen LogP) is 3.27. The zero-order valence-electron chi connectivity index (χ0n) is 41.5. The van der Waals surface area contributed by atoms with Crippen molar-refractivity contribution in [1.82, 2.24) is 20.8 Å². The molecule has 2 heterocycles. The summed E-state index contributed by atoms with van der Waals surface area (Å²) in [4.78, 5) is 32.9. The summed E-state index contributed by atoms with van der Waals surface area (Å²) < 4.78 is 0. The predicted molar refractivity (Wildman–Crippen MR) is 279 cm³/mol. The molecule has 73 heavy (non-hydrogen) atoms. The van der Waals surface area contributed by atoms with E-state index in [1.165, 1.54) is 0 Å². The van der Waals surface area contributed by atoms with Crippen LogP contribution >= 0.6 is 0 Å². The van der Waals surface area contributed by atoms with Crippen LogP contribution in [0.4, 0.5) is 21.0 Å². The van der Waals surface area contributed by atoms with Crippen molar-refractivity contribution in [3.05, 3.63) is 192 Å². The van der Waals surface area contributed by atoms with E-state index in [1.54, 1.807) is 165 Å². The number of hydrogen-bond acceptors (Lipinski definition) is 14. The molecule has 384 valence electrons. The number of nitrogens with one attached hydrogen (secondary N) is 4. The molecule has 0 saturated carbocycles. The SMILES string of the molecule is C/C(=N\N=C(/[O-])c1ccccc1)c1cccc(/C(C)=N/NC(=O)Nc2ccccc2)n1.C/C(=N\N=C(/[O-])c1ccccc1)c1cccc(/C(C)=N/NC(=O)Nc2ccccc2)n1.CC(C)O.CC(C)O.O.[Cl-].[Eu+3]. The Morgan fingerprint density at radius 1 is 0.452 bits per heavy atom. The molecular weight excluding hydrogens is 1090 g/mol. The molecule has 0 atom stereocenters. The van der Waals surface area contributed by atoms with Crippen molar-refractivity contribution >= 4 is 58.1 Å². The zero-order valence-corrected chi connectivity index (χ0v) is 44.7. The number of aliphatic hydroxyl groups is 2. The Morgan fingerprint density at radius 2 is 0.712 bits per heavy atom. The number of anilines is 2. The van der Waals surface area contributed by atoms with Crippen LogP contribution < -0.4 is 44.1 Å². The van der Waals surface area contributed by atoms with Gasteiger partial charge in [-0.2, -0.15) is 30.6 Å². The molecule has 0 aliphatic heterocycles. The van der Waals surface area contributed by atoms with Crippen LogP contribution in [0.2, 0.25) is 0 Å². The summed E-state index contributed by atoms with van der Waals surface area (Å²) in [7, 11) is 0. The molecule has 8 N–H and O–H groups in total. The average molecular weight is 1150 g/mol. The van der Waals surface area contributed by atoms with Gasteiger partial charge >= 0.3 is 61.4 Å². The van der Waals surface area contributed by atoms with E-state index in [1.807, 2.05) is 48.5 Å². The third-order valence-electron chi connectivity index (χ3n) is 8.32. The number of pyridine rings is 2. The van der Waals surface area contributed by atoms with Gasteiger partial charge in [-0.05, 0) is 115 Å². The fraction of sp³-hybridized carbons (Fsp3) is 0.192. The number of urea groups is 2. The molecule has 0 aliphatic carbocycles. The van der Waals surface area contributed by atoms with Crippen molar-refractivity contribution in [2.75, 3.05) is 10.6 Å². The van der Waals surface area contributed by atoms with Gasteiger partial charge in [-0.3, -0.25) is 0 Å². The maximum atomic E-state index is 12.1. The van der Waals surface area contributed by atoms with Crippen molar-refractivity contribution in [3.63, 3.8) is 0 Å². The molecule has 6 rings (SSSR count). The number of rotatable bonds is 12. The molecule has 6 aromatic rings. The topological polar surface area (TPSA) is 300 Å². The van der Waals surface area contributed by atoms with E-state index in [2.05, 4.69) is 62.1 Å². The van der Waals surface area contributed by atoms with Crippen molar-refractivity contribution in [2.24, 2.45) is 30.6 Å². The van der Waals surface area contributed by atoms with Gasteiger partial charge < -0.3 is 48.9 Å². The van der Waals surface area contributed by atoms with Crippen LogP contribution in [-0.4, -0.2) is 84.6 Å². The van der Waals surface area contributed by atoms with E-state index in [-0.39, 0.29) is 79.5 Å². The summed E-state index contributed by atoms with van der Waals surface area (Å²) in [5, 5.41) is 69.3. The second-order valence-electron chi connectivity index (χ2n) is 15.2. The van der Waals surface area contributed by atoms with Crippen molar-refractivity contribution in [3.8, 4) is 0 Å². The van der Waals surface area contributed by atoms with Gasteiger partial charge in [0.25, 0.3) is 0 Å². The Hall–Kier alpha value is -6.91. The van der Waals surface area contributed by atoms with Gasteiger partial charge in [0.15, 0.2) is 0 Å². The Morgan fingerprint density at radius 3 is 1.00 bits per heavy atom. The Bertz CT molecular complexity index is 2550. The first-order valence-corrected chi connectivity index (χ1v) is 21.9. The first-order chi connectivity index (χ1) is 33.5. The first kappa shape index (κ1) is 66.1. The second-order valence-corrected chi connectivity index (χ2v) is 15.2. The largest absolute Gasteiger partial charge is 3.00 e. The minimum atomic E-state index is -0.460. The molecular formula is C52H60ClEuN12O7. The van der Waals surface area contributed by atoms with E-state index < -0.39 is 23.9 Å². The van der Waals surface area contributed by atoms with E-state index in [0.717, 1.165) is 0 Å². The van der Waals surface area contributed by atoms with Gasteiger partial charge in [-0.1, -0.05) is 109 Å². The van der Waals surface area contributed by atoms with Crippen LogP contribution in [0.15, 0.2) is 188 Å². The summed E-state index contributed by atoms with van der Waals surface area (Å²) in [5.74, 6) is -0.857. The van der Waals surface area contributed by atoms with Gasteiger partial charge in [0, 0.05) is 35.4 Å². The summed E-state index contributed by atoms with van der Waals surface area (Å²) in [6.45, 7) is 13.8. The minimum Gasteiger partial charge on any atom is -1.00 e. The summed E-state index contributed by atoms with van der Waals surface area (Å²) in [6, 6.07) is 45.2. The normalized spacial score (nSPS) is 11.5. The number of aliphatic hydroxyl groups excluding tert-OH is 2. The summed E-state index contributed by atoms with van der Waals surface area (Å²) in [6.07, 6.45) is -0.333. The Kier molecular flexibility index (Phi) is 33.4. The molecule has 0 spiro atoms.